The topological polar surface area (TPSA) is 54.4 Å². The van der Waals surface area contributed by atoms with Gasteiger partial charge in [0.15, 0.2) is 0 Å². The second kappa shape index (κ2) is 4.20. The number of hydrogen-bond acceptors (Lipinski definition) is 3. The van der Waals surface area contributed by atoms with Gasteiger partial charge in [-0.2, -0.15) is 8.42 Å². The minimum Gasteiger partial charge on any atom is -0.285 e. The van der Waals surface area contributed by atoms with Gasteiger partial charge in [0.2, 0.25) is 0 Å². The summed E-state index contributed by atoms with van der Waals surface area (Å²) < 4.78 is 28.9. The van der Waals surface area contributed by atoms with E-state index in [0.29, 0.717) is 12.2 Å². The molecule has 5 heteroatoms. The van der Waals surface area contributed by atoms with Gasteiger partial charge < -0.3 is 0 Å². The first-order chi connectivity index (χ1) is 4.52. The minimum absolute atomic E-state index is 0.456. The highest BCUT2D eigenvalue weighted by atomic mass is 32.3. The van der Waals surface area contributed by atoms with E-state index in [1.165, 1.54) is 11.8 Å². The summed E-state index contributed by atoms with van der Waals surface area (Å²) in [6.45, 7) is 3.60. The van der Waals surface area contributed by atoms with Crippen molar-refractivity contribution in [2.75, 3.05) is 5.75 Å². The molecule has 10 heavy (non-hydrogen) atoms. The van der Waals surface area contributed by atoms with Crippen LogP contribution in [-0.4, -0.2) is 23.3 Å². The van der Waals surface area contributed by atoms with E-state index in [1.807, 2.05) is 6.92 Å². The minimum atomic E-state index is -3.81. The first-order valence-electron chi connectivity index (χ1n) is 3.10. The zero-order valence-electron chi connectivity index (χ0n) is 6.07. The SMILES string of the molecule is CCSC(CC)S(=O)(=O)O. The monoisotopic (exact) mass is 184 g/mol. The summed E-state index contributed by atoms with van der Waals surface area (Å²) in [6, 6.07) is 0. The molecule has 0 rings (SSSR count). The lowest BCUT2D eigenvalue weighted by atomic mass is 10.6. The van der Waals surface area contributed by atoms with Gasteiger partial charge in [-0.15, -0.1) is 11.8 Å². The van der Waals surface area contributed by atoms with Crippen LogP contribution in [0.5, 0.6) is 0 Å². The van der Waals surface area contributed by atoms with Gasteiger partial charge in [0, 0.05) is 0 Å². The van der Waals surface area contributed by atoms with Crippen LogP contribution < -0.4 is 0 Å². The average molecular weight is 184 g/mol. The van der Waals surface area contributed by atoms with Gasteiger partial charge in [-0.3, -0.25) is 4.55 Å². The van der Waals surface area contributed by atoms with Crippen molar-refractivity contribution < 1.29 is 13.0 Å². The molecule has 0 aliphatic heterocycles. The smallest absolute Gasteiger partial charge is 0.277 e. The van der Waals surface area contributed by atoms with Crippen LogP contribution in [0.4, 0.5) is 0 Å². The van der Waals surface area contributed by atoms with Crippen LogP contribution in [-0.2, 0) is 10.1 Å². The quantitative estimate of drug-likeness (QED) is 0.670. The van der Waals surface area contributed by atoms with Gasteiger partial charge in [-0.05, 0) is 12.2 Å². The average Bonchev–Trinajstić information content (AvgIpc) is 1.80. The van der Waals surface area contributed by atoms with Crippen LogP contribution in [0, 0.1) is 0 Å². The van der Waals surface area contributed by atoms with Crippen LogP contribution in [0.2, 0.25) is 0 Å². The lowest BCUT2D eigenvalue weighted by Gasteiger charge is -2.07. The van der Waals surface area contributed by atoms with Crippen LogP contribution >= 0.6 is 11.8 Å². The third kappa shape index (κ3) is 3.43. The summed E-state index contributed by atoms with van der Waals surface area (Å²) >= 11 is 1.25. The molecule has 0 radical (unpaired) electrons. The molecule has 0 saturated heterocycles. The lowest BCUT2D eigenvalue weighted by molar-refractivity contribution is 0.478. The number of thioether (sulfide) groups is 1. The van der Waals surface area contributed by atoms with Gasteiger partial charge in [-0.1, -0.05) is 13.8 Å². The Bertz CT molecular complexity index is 173. The zero-order valence-corrected chi connectivity index (χ0v) is 7.70. The van der Waals surface area contributed by atoms with E-state index in [-0.39, 0.29) is 0 Å². The van der Waals surface area contributed by atoms with Crippen molar-refractivity contribution in [3.8, 4) is 0 Å². The molecular weight excluding hydrogens is 172 g/mol. The molecule has 0 aromatic heterocycles. The Hall–Kier alpha value is 0.260. The Morgan fingerprint density at radius 2 is 2.00 bits per heavy atom. The molecule has 62 valence electrons. The van der Waals surface area contributed by atoms with Crippen molar-refractivity contribution in [2.45, 2.75) is 24.9 Å². The van der Waals surface area contributed by atoms with Crippen molar-refractivity contribution in [2.24, 2.45) is 0 Å². The normalized spacial score (nSPS) is 15.1. The second-order valence-corrected chi connectivity index (χ2v) is 5.19. The van der Waals surface area contributed by atoms with Crippen molar-refractivity contribution in [1.82, 2.24) is 0 Å². The van der Waals surface area contributed by atoms with Crippen LogP contribution in [0.3, 0.4) is 0 Å². The van der Waals surface area contributed by atoms with E-state index in [0.717, 1.165) is 0 Å². The third-order valence-electron chi connectivity index (χ3n) is 1.02. The van der Waals surface area contributed by atoms with E-state index in [1.54, 1.807) is 6.92 Å². The molecule has 1 N–H and O–H groups in total. The Morgan fingerprint density at radius 3 is 2.10 bits per heavy atom. The molecule has 0 aromatic rings. The van der Waals surface area contributed by atoms with Crippen LogP contribution in [0.25, 0.3) is 0 Å². The predicted octanol–water partition coefficient (Wildman–Crippen LogP) is 1.36. The lowest BCUT2D eigenvalue weighted by Crippen LogP contribution is -2.15. The maximum absolute atomic E-state index is 10.5. The van der Waals surface area contributed by atoms with E-state index < -0.39 is 14.7 Å². The highest BCUT2D eigenvalue weighted by molar-refractivity contribution is 8.11. The van der Waals surface area contributed by atoms with Crippen molar-refractivity contribution in [3.05, 3.63) is 0 Å². The summed E-state index contributed by atoms with van der Waals surface area (Å²) in [5.74, 6) is 0.707. The van der Waals surface area contributed by atoms with Crippen molar-refractivity contribution in [1.29, 1.82) is 0 Å². The molecule has 0 aliphatic rings. The molecule has 0 spiro atoms. The van der Waals surface area contributed by atoms with E-state index in [9.17, 15) is 8.42 Å². The Kier molecular flexibility index (Phi) is 4.31. The molecule has 1 unspecified atom stereocenters. The fraction of sp³-hybridized carbons (Fsp3) is 1.00. The van der Waals surface area contributed by atoms with Crippen LogP contribution in [0.15, 0.2) is 0 Å². The van der Waals surface area contributed by atoms with Crippen LogP contribution in [0.1, 0.15) is 20.3 Å². The number of hydrogen-bond donors (Lipinski definition) is 1. The molecule has 0 saturated carbocycles. The summed E-state index contributed by atoms with van der Waals surface area (Å²) in [4.78, 5) is 0. The van der Waals surface area contributed by atoms with Crippen molar-refractivity contribution in [3.63, 3.8) is 0 Å². The van der Waals surface area contributed by atoms with Gasteiger partial charge in [0.1, 0.15) is 4.58 Å². The van der Waals surface area contributed by atoms with E-state index >= 15 is 0 Å². The summed E-state index contributed by atoms with van der Waals surface area (Å²) in [5.41, 5.74) is 0. The molecule has 0 fully saturated rings. The summed E-state index contributed by atoms with van der Waals surface area (Å²) in [6.07, 6.45) is 0.456. The predicted molar refractivity (Wildman–Crippen MR) is 43.8 cm³/mol. The van der Waals surface area contributed by atoms with Gasteiger partial charge >= 0.3 is 0 Å². The number of rotatable bonds is 4. The fourth-order valence-corrected chi connectivity index (χ4v) is 2.73. The van der Waals surface area contributed by atoms with E-state index in [4.69, 9.17) is 4.55 Å². The Morgan fingerprint density at radius 1 is 1.50 bits per heavy atom. The molecule has 0 amide bonds. The zero-order chi connectivity index (χ0) is 8.20. The van der Waals surface area contributed by atoms with Crippen molar-refractivity contribution >= 4 is 21.9 Å². The summed E-state index contributed by atoms with van der Waals surface area (Å²) in [7, 11) is -3.81. The molecule has 0 aromatic carbocycles. The molecular formula is C5H12O3S2. The standard InChI is InChI=1S/C5H12O3S2/c1-3-5(9-4-2)10(6,7)8/h5H,3-4H2,1-2H3,(H,6,7,8). The molecule has 0 aliphatic carbocycles. The Labute approximate surface area is 66.0 Å². The Balaban J connectivity index is 4.08. The molecule has 0 bridgehead atoms. The maximum Gasteiger partial charge on any atom is 0.277 e. The molecule has 0 heterocycles. The third-order valence-corrected chi connectivity index (χ3v) is 4.19. The highest BCUT2D eigenvalue weighted by Gasteiger charge is 2.19. The summed E-state index contributed by atoms with van der Waals surface area (Å²) in [5, 5.41) is 0. The first-order valence-corrected chi connectivity index (χ1v) is 5.65. The van der Waals surface area contributed by atoms with Gasteiger partial charge in [0.25, 0.3) is 10.1 Å². The van der Waals surface area contributed by atoms with Gasteiger partial charge in [0.05, 0.1) is 0 Å². The highest BCUT2D eigenvalue weighted by Crippen LogP contribution is 2.18. The fourth-order valence-electron chi connectivity index (χ4n) is 0.600. The van der Waals surface area contributed by atoms with Gasteiger partial charge in [-0.25, -0.2) is 0 Å². The van der Waals surface area contributed by atoms with E-state index in [2.05, 4.69) is 0 Å². The molecule has 3 nitrogen and oxygen atoms in total. The molecule has 1 atom stereocenters. The largest absolute Gasteiger partial charge is 0.285 e. The maximum atomic E-state index is 10.5. The second-order valence-electron chi connectivity index (χ2n) is 1.81. The first kappa shape index (κ1) is 10.3.